The summed E-state index contributed by atoms with van der Waals surface area (Å²) in [4.78, 5) is 31.4. The molecule has 7 heteroatoms. The van der Waals surface area contributed by atoms with Crippen LogP contribution in [0.2, 0.25) is 0 Å². The fourth-order valence-corrected chi connectivity index (χ4v) is 4.37. The number of aromatic nitrogens is 1. The van der Waals surface area contributed by atoms with Gasteiger partial charge in [-0.05, 0) is 79.8 Å². The Hall–Kier alpha value is -3.87. The second-order valence-corrected chi connectivity index (χ2v) is 8.63. The quantitative estimate of drug-likeness (QED) is 0.481. The van der Waals surface area contributed by atoms with Crippen LogP contribution in [0.3, 0.4) is 0 Å². The van der Waals surface area contributed by atoms with Gasteiger partial charge in [-0.15, -0.1) is 0 Å². The largest absolute Gasteiger partial charge is 0.497 e. The number of anilines is 2. The molecule has 2 aromatic carbocycles. The molecular weight excluding hydrogens is 442 g/mol. The van der Waals surface area contributed by atoms with Crippen LogP contribution in [0.15, 0.2) is 60.8 Å². The van der Waals surface area contributed by atoms with Crippen LogP contribution in [0.25, 0.3) is 11.1 Å². The number of rotatable bonds is 7. The number of carbonyl (C=O) groups excluding carboxylic acids is 2. The summed E-state index contributed by atoms with van der Waals surface area (Å²) in [6, 6.07) is 17.4. The molecule has 182 valence electrons. The fourth-order valence-electron chi connectivity index (χ4n) is 4.37. The molecule has 0 spiro atoms. The van der Waals surface area contributed by atoms with Crippen molar-refractivity contribution in [3.05, 3.63) is 71.9 Å². The van der Waals surface area contributed by atoms with Crippen molar-refractivity contribution in [2.45, 2.75) is 26.7 Å². The van der Waals surface area contributed by atoms with Crippen LogP contribution in [0, 0.1) is 12.8 Å². The number of carbonyl (C=O) groups is 2. The Bertz CT molecular complexity index is 1190. The van der Waals surface area contributed by atoms with E-state index < -0.39 is 0 Å². The second kappa shape index (κ2) is 11.0. The number of nitrogens with one attached hydrogen (secondary N) is 1. The van der Waals surface area contributed by atoms with Crippen molar-refractivity contribution < 1.29 is 19.1 Å². The van der Waals surface area contributed by atoms with Gasteiger partial charge in [0, 0.05) is 25.0 Å². The number of hydrogen-bond donors (Lipinski definition) is 1. The van der Waals surface area contributed by atoms with Gasteiger partial charge in [-0.3, -0.25) is 9.59 Å². The van der Waals surface area contributed by atoms with Gasteiger partial charge in [-0.1, -0.05) is 18.2 Å². The maximum Gasteiger partial charge on any atom is 0.309 e. The fraction of sp³-hybridized carbons (Fsp3) is 0.321. The molecule has 1 aromatic heterocycles. The maximum atomic E-state index is 12.8. The summed E-state index contributed by atoms with van der Waals surface area (Å²) < 4.78 is 10.5. The van der Waals surface area contributed by atoms with E-state index in [0.717, 1.165) is 59.9 Å². The Morgan fingerprint density at radius 2 is 1.89 bits per heavy atom. The van der Waals surface area contributed by atoms with Gasteiger partial charge in [0.05, 0.1) is 25.2 Å². The van der Waals surface area contributed by atoms with Gasteiger partial charge in [0.25, 0.3) is 5.91 Å². The SMILES string of the molecule is CCOC(=O)C1CCN(c2ccc(C(=O)Nc3ccc(-c4cccc(OC)c4)c(C)c3)cn2)CC1. The van der Waals surface area contributed by atoms with Gasteiger partial charge in [0.2, 0.25) is 0 Å². The summed E-state index contributed by atoms with van der Waals surface area (Å²) in [7, 11) is 1.65. The molecular formula is C28H31N3O4. The van der Waals surface area contributed by atoms with E-state index in [1.807, 2.05) is 62.4 Å². The van der Waals surface area contributed by atoms with Gasteiger partial charge < -0.3 is 19.7 Å². The van der Waals surface area contributed by atoms with Crippen LogP contribution in [-0.2, 0) is 9.53 Å². The van der Waals surface area contributed by atoms with Crippen LogP contribution >= 0.6 is 0 Å². The van der Waals surface area contributed by atoms with E-state index in [1.54, 1.807) is 19.4 Å². The molecule has 0 unspecified atom stereocenters. The number of hydrogen-bond acceptors (Lipinski definition) is 6. The summed E-state index contributed by atoms with van der Waals surface area (Å²) in [5.41, 5.74) is 4.41. The van der Waals surface area contributed by atoms with Crippen LogP contribution in [-0.4, -0.2) is 43.7 Å². The molecule has 0 bridgehead atoms. The number of aryl methyl sites for hydroxylation is 1. The van der Waals surface area contributed by atoms with Crippen molar-refractivity contribution in [2.75, 3.05) is 37.0 Å². The minimum absolute atomic E-state index is 0.0463. The number of esters is 1. The van der Waals surface area contributed by atoms with Crippen LogP contribution in [0.4, 0.5) is 11.5 Å². The zero-order valence-corrected chi connectivity index (χ0v) is 20.4. The van der Waals surface area contributed by atoms with Gasteiger partial charge in [0.15, 0.2) is 0 Å². The Balaban J connectivity index is 1.37. The zero-order chi connectivity index (χ0) is 24.8. The van der Waals surface area contributed by atoms with Crippen molar-refractivity contribution in [3.63, 3.8) is 0 Å². The summed E-state index contributed by atoms with van der Waals surface area (Å²) in [6.07, 6.45) is 3.08. The molecule has 35 heavy (non-hydrogen) atoms. The molecule has 4 rings (SSSR count). The highest BCUT2D eigenvalue weighted by atomic mass is 16.5. The third-order valence-electron chi connectivity index (χ3n) is 6.31. The summed E-state index contributed by atoms with van der Waals surface area (Å²) in [6.45, 7) is 5.73. The van der Waals surface area contributed by atoms with Crippen molar-refractivity contribution in [1.29, 1.82) is 0 Å². The van der Waals surface area contributed by atoms with Crippen molar-refractivity contribution >= 4 is 23.4 Å². The highest BCUT2D eigenvalue weighted by Gasteiger charge is 2.26. The molecule has 7 nitrogen and oxygen atoms in total. The first-order valence-corrected chi connectivity index (χ1v) is 11.9. The lowest BCUT2D eigenvalue weighted by molar-refractivity contribution is -0.148. The molecule has 0 saturated carbocycles. The van der Waals surface area contributed by atoms with Gasteiger partial charge in [-0.2, -0.15) is 0 Å². The van der Waals surface area contributed by atoms with E-state index in [1.165, 1.54) is 0 Å². The molecule has 0 aliphatic carbocycles. The van der Waals surface area contributed by atoms with Crippen LogP contribution in [0.1, 0.15) is 35.7 Å². The first-order chi connectivity index (χ1) is 17.0. The van der Waals surface area contributed by atoms with Gasteiger partial charge in [0.1, 0.15) is 11.6 Å². The van der Waals surface area contributed by atoms with Crippen LogP contribution in [0.5, 0.6) is 5.75 Å². The monoisotopic (exact) mass is 473 g/mol. The van der Waals surface area contributed by atoms with E-state index in [-0.39, 0.29) is 17.8 Å². The van der Waals surface area contributed by atoms with E-state index >= 15 is 0 Å². The maximum absolute atomic E-state index is 12.8. The Morgan fingerprint density at radius 1 is 1.09 bits per heavy atom. The molecule has 3 aromatic rings. The molecule has 0 atom stereocenters. The number of amides is 1. The Morgan fingerprint density at radius 3 is 2.54 bits per heavy atom. The third kappa shape index (κ3) is 5.80. The zero-order valence-electron chi connectivity index (χ0n) is 20.4. The van der Waals surface area contributed by atoms with Crippen molar-refractivity contribution in [1.82, 2.24) is 4.98 Å². The first kappa shape index (κ1) is 24.3. The number of nitrogens with zero attached hydrogens (tertiary/aromatic N) is 2. The summed E-state index contributed by atoms with van der Waals surface area (Å²) >= 11 is 0. The molecule has 2 heterocycles. The topological polar surface area (TPSA) is 80.8 Å². The van der Waals surface area contributed by atoms with E-state index in [0.29, 0.717) is 12.2 Å². The third-order valence-corrected chi connectivity index (χ3v) is 6.31. The first-order valence-electron chi connectivity index (χ1n) is 11.9. The van der Waals surface area contributed by atoms with Gasteiger partial charge >= 0.3 is 5.97 Å². The molecule has 1 saturated heterocycles. The molecule has 1 amide bonds. The smallest absolute Gasteiger partial charge is 0.309 e. The van der Waals surface area contributed by atoms with Crippen molar-refractivity contribution in [2.24, 2.45) is 5.92 Å². The van der Waals surface area contributed by atoms with E-state index in [4.69, 9.17) is 9.47 Å². The Kier molecular flexibility index (Phi) is 7.65. The molecule has 1 aliphatic heterocycles. The molecule has 0 radical (unpaired) electrons. The minimum Gasteiger partial charge on any atom is -0.497 e. The lowest BCUT2D eigenvalue weighted by Gasteiger charge is -2.31. The Labute approximate surface area is 206 Å². The lowest BCUT2D eigenvalue weighted by atomic mass is 9.97. The number of pyridine rings is 1. The summed E-state index contributed by atoms with van der Waals surface area (Å²) in [5, 5.41) is 2.96. The number of piperidine rings is 1. The van der Waals surface area contributed by atoms with Crippen molar-refractivity contribution in [3.8, 4) is 16.9 Å². The van der Waals surface area contributed by atoms with Gasteiger partial charge in [-0.25, -0.2) is 4.98 Å². The lowest BCUT2D eigenvalue weighted by Crippen LogP contribution is -2.37. The predicted octanol–water partition coefficient (Wildman–Crippen LogP) is 5.10. The molecule has 1 aliphatic rings. The normalized spacial score (nSPS) is 13.9. The highest BCUT2D eigenvalue weighted by molar-refractivity contribution is 6.04. The van der Waals surface area contributed by atoms with Crippen LogP contribution < -0.4 is 15.0 Å². The predicted molar refractivity (Wildman–Crippen MR) is 137 cm³/mol. The van der Waals surface area contributed by atoms with E-state index in [2.05, 4.69) is 15.2 Å². The average molecular weight is 474 g/mol. The minimum atomic E-state index is -0.210. The molecule has 1 N–H and O–H groups in total. The van der Waals surface area contributed by atoms with E-state index in [9.17, 15) is 9.59 Å². The highest BCUT2D eigenvalue weighted by Crippen LogP contribution is 2.29. The molecule has 1 fully saturated rings. The number of benzene rings is 2. The number of ether oxygens (including phenoxy) is 2. The second-order valence-electron chi connectivity index (χ2n) is 8.63. The number of methoxy groups -OCH3 is 1. The average Bonchev–Trinajstić information content (AvgIpc) is 2.89. The summed E-state index contributed by atoms with van der Waals surface area (Å²) in [5.74, 6) is 1.24. The standard InChI is InChI=1S/C28H31N3O4/c1-4-35-28(33)20-12-14-31(15-13-20)26-11-8-22(18-29-26)27(32)30-23-9-10-25(19(2)16-23)21-6-5-7-24(17-21)34-3/h5-11,16-18,20H,4,12-15H2,1-3H3,(H,30,32).